The Morgan fingerprint density at radius 2 is 1.92 bits per heavy atom. The molecule has 8 heteroatoms. The molecule has 1 fully saturated rings. The van der Waals surface area contributed by atoms with Crippen molar-refractivity contribution in [1.82, 2.24) is 19.9 Å². The molecule has 3 N–H and O–H groups in total. The molecule has 1 aromatic carbocycles. The molecule has 4 rings (SSSR count). The van der Waals surface area contributed by atoms with Crippen LogP contribution < -0.4 is 20.1 Å². The topological polar surface area (TPSA) is 102 Å². The van der Waals surface area contributed by atoms with Gasteiger partial charge < -0.3 is 25.1 Å². The van der Waals surface area contributed by atoms with E-state index in [1.807, 2.05) is 24.3 Å². The highest BCUT2D eigenvalue weighted by atomic mass is 16.5. The fraction of sp³-hybridized carbons (Fsp3) is 0.353. The highest BCUT2D eigenvalue weighted by Crippen LogP contribution is 2.30. The van der Waals surface area contributed by atoms with Crippen LogP contribution >= 0.6 is 0 Å². The van der Waals surface area contributed by atoms with Crippen LogP contribution in [0.4, 0.5) is 11.8 Å². The maximum Gasteiger partial charge on any atom is 0.224 e. The van der Waals surface area contributed by atoms with E-state index in [9.17, 15) is 0 Å². The highest BCUT2D eigenvalue weighted by Gasteiger charge is 2.24. The number of nitrogen functional groups attached to an aromatic ring is 1. The van der Waals surface area contributed by atoms with Gasteiger partial charge in [-0.25, -0.2) is 4.98 Å². The second-order valence-electron chi connectivity index (χ2n) is 5.96. The molecule has 0 bridgehead atoms. The van der Waals surface area contributed by atoms with E-state index in [-0.39, 0.29) is 12.1 Å². The number of aromatic amines is 1. The van der Waals surface area contributed by atoms with Crippen LogP contribution in [-0.4, -0.2) is 46.2 Å². The summed E-state index contributed by atoms with van der Waals surface area (Å²) in [5, 5.41) is 0. The molecule has 1 saturated heterocycles. The number of para-hydroxylation sites is 2. The number of anilines is 2. The first-order chi connectivity index (χ1) is 12.2. The number of piperidine rings is 1. The third-order valence-electron chi connectivity index (χ3n) is 4.39. The molecule has 3 heterocycles. The number of nitrogens with zero attached hydrogens (tertiary/aromatic N) is 4. The molecule has 8 nitrogen and oxygen atoms in total. The molecule has 0 radical (unpaired) electrons. The van der Waals surface area contributed by atoms with Gasteiger partial charge in [0.1, 0.15) is 11.6 Å². The number of aromatic nitrogens is 4. The Bertz CT molecular complexity index is 872. The maximum absolute atomic E-state index is 6.13. The van der Waals surface area contributed by atoms with E-state index in [0.29, 0.717) is 5.65 Å². The van der Waals surface area contributed by atoms with Gasteiger partial charge >= 0.3 is 0 Å². The van der Waals surface area contributed by atoms with Crippen molar-refractivity contribution < 1.29 is 9.47 Å². The average Bonchev–Trinajstić information content (AvgIpc) is 3.10. The fourth-order valence-corrected chi connectivity index (χ4v) is 3.14. The van der Waals surface area contributed by atoms with Crippen molar-refractivity contribution in [2.75, 3.05) is 30.8 Å². The van der Waals surface area contributed by atoms with Crippen LogP contribution in [0.1, 0.15) is 12.8 Å². The summed E-state index contributed by atoms with van der Waals surface area (Å²) in [7, 11) is 1.65. The number of rotatable bonds is 4. The van der Waals surface area contributed by atoms with Gasteiger partial charge in [-0.15, -0.1) is 0 Å². The number of fused-ring (bicyclic) bond motifs is 1. The molecule has 2 aromatic heterocycles. The van der Waals surface area contributed by atoms with Crippen molar-refractivity contribution >= 4 is 22.9 Å². The predicted molar refractivity (Wildman–Crippen MR) is 95.0 cm³/mol. The summed E-state index contributed by atoms with van der Waals surface area (Å²) in [5.41, 5.74) is 7.22. The number of imidazole rings is 1. The molecule has 25 heavy (non-hydrogen) atoms. The van der Waals surface area contributed by atoms with E-state index in [1.165, 1.54) is 0 Å². The van der Waals surface area contributed by atoms with Gasteiger partial charge in [-0.1, -0.05) is 12.1 Å². The van der Waals surface area contributed by atoms with Crippen molar-refractivity contribution in [2.24, 2.45) is 0 Å². The van der Waals surface area contributed by atoms with Crippen LogP contribution in [-0.2, 0) is 0 Å². The molecule has 0 saturated carbocycles. The van der Waals surface area contributed by atoms with Gasteiger partial charge in [0.2, 0.25) is 5.95 Å². The molecule has 0 unspecified atom stereocenters. The quantitative estimate of drug-likeness (QED) is 0.749. The summed E-state index contributed by atoms with van der Waals surface area (Å²) in [4.78, 5) is 18.0. The normalized spacial score (nSPS) is 15.5. The number of methoxy groups -OCH3 is 1. The number of H-pyrrole nitrogens is 1. The van der Waals surface area contributed by atoms with E-state index < -0.39 is 0 Å². The third-order valence-corrected chi connectivity index (χ3v) is 4.39. The lowest BCUT2D eigenvalue weighted by atomic mass is 10.1. The summed E-state index contributed by atoms with van der Waals surface area (Å²) >= 11 is 0. The van der Waals surface area contributed by atoms with Crippen molar-refractivity contribution in [2.45, 2.75) is 18.9 Å². The lowest BCUT2D eigenvalue weighted by molar-refractivity contribution is 0.164. The molecule has 1 aliphatic rings. The van der Waals surface area contributed by atoms with Crippen LogP contribution in [0.15, 0.2) is 30.6 Å². The summed E-state index contributed by atoms with van der Waals surface area (Å²) in [6.45, 7) is 1.65. The maximum atomic E-state index is 6.13. The largest absolute Gasteiger partial charge is 0.493 e. The average molecular weight is 340 g/mol. The zero-order valence-electron chi connectivity index (χ0n) is 14.0. The summed E-state index contributed by atoms with van der Waals surface area (Å²) < 4.78 is 11.5. The minimum Gasteiger partial charge on any atom is -0.493 e. The van der Waals surface area contributed by atoms with E-state index in [4.69, 9.17) is 15.2 Å². The molecular formula is C17H20N6O2. The second kappa shape index (κ2) is 6.46. The van der Waals surface area contributed by atoms with E-state index in [1.54, 1.807) is 13.4 Å². The van der Waals surface area contributed by atoms with Crippen LogP contribution in [0.2, 0.25) is 0 Å². The first kappa shape index (κ1) is 15.5. The van der Waals surface area contributed by atoms with Gasteiger partial charge in [0.15, 0.2) is 23.0 Å². The minimum atomic E-state index is 0.143. The Balaban J connectivity index is 1.47. The molecule has 1 aliphatic heterocycles. The second-order valence-corrected chi connectivity index (χ2v) is 5.96. The zero-order chi connectivity index (χ0) is 17.2. The first-order valence-corrected chi connectivity index (χ1v) is 8.26. The SMILES string of the molecule is COc1ccccc1OC1CCN(c2nc(N)nc3nc[nH]c23)CC1. The van der Waals surface area contributed by atoms with E-state index in [0.717, 1.165) is 48.8 Å². The molecule has 130 valence electrons. The summed E-state index contributed by atoms with van der Waals surface area (Å²) in [6, 6.07) is 7.72. The fourth-order valence-electron chi connectivity index (χ4n) is 3.14. The number of hydrogen-bond donors (Lipinski definition) is 2. The Morgan fingerprint density at radius 3 is 2.68 bits per heavy atom. The van der Waals surface area contributed by atoms with Crippen molar-refractivity contribution in [3.63, 3.8) is 0 Å². The Labute approximate surface area is 145 Å². The molecule has 3 aromatic rings. The van der Waals surface area contributed by atoms with Crippen LogP contribution in [0.25, 0.3) is 11.2 Å². The smallest absolute Gasteiger partial charge is 0.224 e. The molecule has 0 atom stereocenters. The minimum absolute atomic E-state index is 0.143. The number of hydrogen-bond acceptors (Lipinski definition) is 7. The third kappa shape index (κ3) is 3.02. The highest BCUT2D eigenvalue weighted by molar-refractivity contribution is 5.84. The number of ether oxygens (including phenoxy) is 2. The van der Waals surface area contributed by atoms with Crippen molar-refractivity contribution in [1.29, 1.82) is 0 Å². The van der Waals surface area contributed by atoms with E-state index in [2.05, 4.69) is 24.8 Å². The van der Waals surface area contributed by atoms with Gasteiger partial charge in [0, 0.05) is 25.9 Å². The van der Waals surface area contributed by atoms with Crippen LogP contribution in [0.3, 0.4) is 0 Å². The summed E-state index contributed by atoms with van der Waals surface area (Å²) in [5.74, 6) is 2.58. The number of nitrogens with one attached hydrogen (secondary N) is 1. The van der Waals surface area contributed by atoms with Gasteiger partial charge in [-0.2, -0.15) is 9.97 Å². The van der Waals surface area contributed by atoms with E-state index >= 15 is 0 Å². The Kier molecular flexibility index (Phi) is 4.01. The number of nitrogens with two attached hydrogens (primary N) is 1. The molecular weight excluding hydrogens is 320 g/mol. The van der Waals surface area contributed by atoms with Crippen molar-refractivity contribution in [3.8, 4) is 11.5 Å². The van der Waals surface area contributed by atoms with Gasteiger partial charge in [0.25, 0.3) is 0 Å². The monoisotopic (exact) mass is 340 g/mol. The molecule has 0 aliphatic carbocycles. The molecule has 0 amide bonds. The van der Waals surface area contributed by atoms with Gasteiger partial charge in [-0.3, -0.25) is 0 Å². The Hall–Kier alpha value is -3.03. The lowest BCUT2D eigenvalue weighted by Gasteiger charge is -2.33. The zero-order valence-corrected chi connectivity index (χ0v) is 14.0. The van der Waals surface area contributed by atoms with Crippen molar-refractivity contribution in [3.05, 3.63) is 30.6 Å². The van der Waals surface area contributed by atoms with Crippen LogP contribution in [0, 0.1) is 0 Å². The predicted octanol–water partition coefficient (Wildman–Crippen LogP) is 1.99. The standard InChI is InChI=1S/C17H20N6O2/c1-24-12-4-2-3-5-13(12)25-11-6-8-23(9-7-11)16-14-15(20-10-19-14)21-17(18)22-16/h2-5,10-11H,6-9H2,1H3,(H3,18,19,20,21,22). The molecule has 0 spiro atoms. The number of benzene rings is 1. The van der Waals surface area contributed by atoms with Crippen LogP contribution in [0.5, 0.6) is 11.5 Å². The van der Waals surface area contributed by atoms with Gasteiger partial charge in [-0.05, 0) is 12.1 Å². The van der Waals surface area contributed by atoms with Gasteiger partial charge in [0.05, 0.1) is 13.4 Å². The summed E-state index contributed by atoms with van der Waals surface area (Å²) in [6.07, 6.45) is 3.53. The Morgan fingerprint density at radius 1 is 1.16 bits per heavy atom. The first-order valence-electron chi connectivity index (χ1n) is 8.26. The lowest BCUT2D eigenvalue weighted by Crippen LogP contribution is -2.39.